The van der Waals surface area contributed by atoms with Crippen LogP contribution in [0.4, 0.5) is 5.13 Å². The molecule has 0 aliphatic carbocycles. The number of benzene rings is 1. The summed E-state index contributed by atoms with van der Waals surface area (Å²) in [5, 5.41) is 18.7. The van der Waals surface area contributed by atoms with Crippen LogP contribution in [0.3, 0.4) is 0 Å². The maximum absolute atomic E-state index is 13.4. The number of carbonyl (C=O) groups excluding carboxylic acids is 1. The number of amides is 1. The molecule has 2 N–H and O–H groups in total. The second kappa shape index (κ2) is 12.5. The number of fused-ring (bicyclic) bond motifs is 1. The lowest BCUT2D eigenvalue weighted by Gasteiger charge is -2.35. The minimum Gasteiger partial charge on any atom is -0.472 e. The molecule has 41 heavy (non-hydrogen) atoms. The standard InChI is InChI=1S/C25H27N7O6S3/c1-31-13-17(14-31)38-20-8-7-19-24(28-20)40-25(27-19)29-23(34)22(30-37-15-21-26-9-12-39-21)16-3-5-18(6-4-16)41(35,36)32(2)10-11-33/h3-9,12,17,33H,10-11,13-15H2,1-2H3,(H,27,29,34). The van der Waals surface area contributed by atoms with E-state index in [9.17, 15) is 13.2 Å². The topological polar surface area (TPSA) is 159 Å². The highest BCUT2D eigenvalue weighted by Gasteiger charge is 2.26. The van der Waals surface area contributed by atoms with Crippen LogP contribution in [-0.2, 0) is 26.3 Å². The van der Waals surface area contributed by atoms with Crippen LogP contribution < -0.4 is 10.1 Å². The Morgan fingerprint density at radius 1 is 1.22 bits per heavy atom. The van der Waals surface area contributed by atoms with E-state index < -0.39 is 15.9 Å². The number of carbonyl (C=O) groups is 1. The average molecular weight is 618 g/mol. The number of nitrogens with zero attached hydrogens (tertiary/aromatic N) is 6. The number of ether oxygens (including phenoxy) is 1. The van der Waals surface area contributed by atoms with Gasteiger partial charge in [0.25, 0.3) is 5.91 Å². The monoisotopic (exact) mass is 617 g/mol. The molecule has 1 amide bonds. The van der Waals surface area contributed by atoms with Gasteiger partial charge in [0.2, 0.25) is 15.9 Å². The van der Waals surface area contributed by atoms with Gasteiger partial charge in [-0.2, -0.15) is 4.31 Å². The molecule has 13 nitrogen and oxygen atoms in total. The van der Waals surface area contributed by atoms with Gasteiger partial charge in [0.15, 0.2) is 17.5 Å². The zero-order valence-corrected chi connectivity index (χ0v) is 24.6. The molecule has 1 aromatic carbocycles. The second-order valence-electron chi connectivity index (χ2n) is 9.12. The van der Waals surface area contributed by atoms with Crippen molar-refractivity contribution in [2.45, 2.75) is 17.6 Å². The van der Waals surface area contributed by atoms with Gasteiger partial charge in [0, 0.05) is 49.9 Å². The van der Waals surface area contributed by atoms with E-state index in [2.05, 4.69) is 30.3 Å². The summed E-state index contributed by atoms with van der Waals surface area (Å²) in [5.41, 5.74) is 0.841. The quantitative estimate of drug-likeness (QED) is 0.178. The highest BCUT2D eigenvalue weighted by atomic mass is 32.2. The van der Waals surface area contributed by atoms with Gasteiger partial charge in [-0.15, -0.1) is 11.3 Å². The predicted octanol–water partition coefficient (Wildman–Crippen LogP) is 2.01. The molecule has 3 aromatic heterocycles. The van der Waals surface area contributed by atoms with Crippen LogP contribution in [0.2, 0.25) is 0 Å². The second-order valence-corrected chi connectivity index (χ2v) is 13.1. The van der Waals surface area contributed by atoms with E-state index in [1.54, 1.807) is 23.7 Å². The van der Waals surface area contributed by atoms with E-state index in [1.807, 2.05) is 7.05 Å². The van der Waals surface area contributed by atoms with Crippen LogP contribution >= 0.6 is 22.7 Å². The molecule has 1 aliphatic heterocycles. The molecule has 0 unspecified atom stereocenters. The van der Waals surface area contributed by atoms with Crippen LogP contribution in [0, 0.1) is 0 Å². The van der Waals surface area contributed by atoms with E-state index in [0.29, 0.717) is 31.9 Å². The Bertz CT molecular complexity index is 1640. The van der Waals surface area contributed by atoms with Crippen molar-refractivity contribution in [2.24, 2.45) is 5.16 Å². The molecule has 16 heteroatoms. The van der Waals surface area contributed by atoms with Crippen molar-refractivity contribution in [2.75, 3.05) is 45.7 Å². The molecule has 1 saturated heterocycles. The molecule has 0 spiro atoms. The molecule has 5 rings (SSSR count). The molecule has 0 bridgehead atoms. The highest BCUT2D eigenvalue weighted by molar-refractivity contribution is 7.89. The maximum Gasteiger partial charge on any atom is 0.280 e. The minimum absolute atomic E-state index is 0.00415. The van der Waals surface area contributed by atoms with E-state index in [-0.39, 0.29) is 36.5 Å². The van der Waals surface area contributed by atoms with Crippen molar-refractivity contribution in [3.63, 3.8) is 0 Å². The number of thiazole rings is 2. The van der Waals surface area contributed by atoms with Crippen LogP contribution in [0.15, 0.2) is 58.0 Å². The van der Waals surface area contributed by atoms with E-state index in [1.165, 1.54) is 54.0 Å². The molecule has 1 fully saturated rings. The Kier molecular flexibility index (Phi) is 8.86. The van der Waals surface area contributed by atoms with Gasteiger partial charge in [0.1, 0.15) is 21.5 Å². The number of aliphatic hydroxyl groups excluding tert-OH is 1. The van der Waals surface area contributed by atoms with Crippen LogP contribution in [-0.4, -0.2) is 95.7 Å². The molecule has 216 valence electrons. The number of likely N-dealkylation sites (N-methyl/N-ethyl adjacent to an activating group) is 2. The van der Waals surface area contributed by atoms with Gasteiger partial charge in [-0.05, 0) is 25.2 Å². The summed E-state index contributed by atoms with van der Waals surface area (Å²) >= 11 is 2.57. The summed E-state index contributed by atoms with van der Waals surface area (Å²) < 4.78 is 32.4. The Labute approximate surface area is 244 Å². The number of rotatable bonds is 12. The number of pyridine rings is 1. The van der Waals surface area contributed by atoms with E-state index in [4.69, 9.17) is 14.7 Å². The highest BCUT2D eigenvalue weighted by Crippen LogP contribution is 2.27. The van der Waals surface area contributed by atoms with Crippen LogP contribution in [0.5, 0.6) is 5.88 Å². The fraction of sp³-hybridized carbons (Fsp3) is 0.320. The molecule has 0 saturated carbocycles. The van der Waals surface area contributed by atoms with Crippen molar-refractivity contribution in [3.8, 4) is 5.88 Å². The third-order valence-corrected chi connectivity index (χ3v) is 9.57. The average Bonchev–Trinajstić information content (AvgIpc) is 3.59. The zero-order chi connectivity index (χ0) is 29.0. The lowest BCUT2D eigenvalue weighted by atomic mass is 10.1. The summed E-state index contributed by atoms with van der Waals surface area (Å²) in [6, 6.07) is 9.19. The molecule has 0 radical (unpaired) electrons. The minimum atomic E-state index is -3.82. The number of aliphatic hydroxyl groups is 1. The lowest BCUT2D eigenvalue weighted by Crippen LogP contribution is -2.51. The Morgan fingerprint density at radius 2 is 2.00 bits per heavy atom. The molecule has 4 aromatic rings. The number of hydrogen-bond acceptors (Lipinski definition) is 13. The van der Waals surface area contributed by atoms with Gasteiger partial charge in [-0.25, -0.2) is 23.4 Å². The molecular formula is C25H27N7O6S3. The molecule has 1 aliphatic rings. The third kappa shape index (κ3) is 6.86. The normalized spacial score (nSPS) is 14.8. The predicted molar refractivity (Wildman–Crippen MR) is 155 cm³/mol. The van der Waals surface area contributed by atoms with E-state index in [0.717, 1.165) is 17.4 Å². The van der Waals surface area contributed by atoms with E-state index >= 15 is 0 Å². The number of hydrogen-bond donors (Lipinski definition) is 2. The first-order valence-electron chi connectivity index (χ1n) is 12.4. The summed E-state index contributed by atoms with van der Waals surface area (Å²) in [7, 11) is -0.426. The summed E-state index contributed by atoms with van der Waals surface area (Å²) in [4.78, 5) is 34.7. The first kappa shape index (κ1) is 29.0. The Balaban J connectivity index is 1.35. The smallest absolute Gasteiger partial charge is 0.280 e. The summed E-state index contributed by atoms with van der Waals surface area (Å²) in [6.45, 7) is 1.37. The van der Waals surface area contributed by atoms with Gasteiger partial charge in [0.05, 0.1) is 11.5 Å². The first-order valence-corrected chi connectivity index (χ1v) is 15.6. The summed E-state index contributed by atoms with van der Waals surface area (Å²) in [5.74, 6) is -0.111. The number of aromatic nitrogens is 3. The van der Waals surface area contributed by atoms with Crippen LogP contribution in [0.1, 0.15) is 10.6 Å². The molecular weight excluding hydrogens is 591 g/mol. The lowest BCUT2D eigenvalue weighted by molar-refractivity contribution is -0.110. The molecule has 4 heterocycles. The van der Waals surface area contributed by atoms with Crippen molar-refractivity contribution < 1.29 is 27.9 Å². The fourth-order valence-corrected chi connectivity index (χ4v) is 6.40. The van der Waals surface area contributed by atoms with Crippen molar-refractivity contribution in [1.82, 2.24) is 24.2 Å². The molecule has 0 atom stereocenters. The first-order chi connectivity index (χ1) is 19.7. The number of nitrogens with one attached hydrogen (secondary N) is 1. The summed E-state index contributed by atoms with van der Waals surface area (Å²) in [6.07, 6.45) is 1.73. The SMILES string of the molecule is CN1CC(Oc2ccc3nc(NC(=O)C(=NOCc4nccs4)c4ccc(S(=O)(=O)N(C)CCO)cc4)sc3n2)C1. The van der Waals surface area contributed by atoms with Gasteiger partial charge in [-0.1, -0.05) is 28.6 Å². The van der Waals surface area contributed by atoms with Crippen LogP contribution in [0.25, 0.3) is 10.3 Å². The zero-order valence-electron chi connectivity index (χ0n) is 22.1. The Morgan fingerprint density at radius 3 is 2.68 bits per heavy atom. The number of anilines is 1. The van der Waals surface area contributed by atoms with Crippen molar-refractivity contribution >= 4 is 59.8 Å². The fourth-order valence-electron chi connectivity index (χ4n) is 3.89. The number of oxime groups is 1. The Hall–Kier alpha value is -3.54. The van der Waals surface area contributed by atoms with Gasteiger partial charge in [-0.3, -0.25) is 15.0 Å². The number of likely N-dealkylation sites (tertiary alicyclic amines) is 1. The maximum atomic E-state index is 13.4. The van der Waals surface area contributed by atoms with Gasteiger partial charge >= 0.3 is 0 Å². The van der Waals surface area contributed by atoms with Crippen molar-refractivity contribution in [3.05, 3.63) is 58.5 Å². The van der Waals surface area contributed by atoms with Gasteiger partial charge < -0.3 is 14.7 Å². The number of sulfonamides is 1. The largest absolute Gasteiger partial charge is 0.472 e. The third-order valence-electron chi connectivity index (χ3n) is 6.06. The van der Waals surface area contributed by atoms with Crippen molar-refractivity contribution in [1.29, 1.82) is 0 Å².